The van der Waals surface area contributed by atoms with Crippen molar-refractivity contribution in [3.05, 3.63) is 24.0 Å². The Morgan fingerprint density at radius 1 is 1.56 bits per heavy atom. The maximum atomic E-state index is 9.93. The van der Waals surface area contributed by atoms with Crippen LogP contribution in [0.15, 0.2) is 18.5 Å². The number of rotatable bonds is 2. The number of nitrogens with zero attached hydrogens (tertiary/aromatic N) is 2. The molecule has 3 nitrogen and oxygen atoms in total. The summed E-state index contributed by atoms with van der Waals surface area (Å²) in [5, 5.41) is 7.16. The van der Waals surface area contributed by atoms with E-state index in [-0.39, 0.29) is 0 Å². The standard InChI is InChI=1S/C6H6N2O/c9-4-2-6-1-3-7-8-5-6/h1,3-5H,2H2. The maximum absolute atomic E-state index is 9.93. The maximum Gasteiger partial charge on any atom is 0.124 e. The molecule has 0 radical (unpaired) electrons. The SMILES string of the molecule is O=CCc1ccnnc1. The Morgan fingerprint density at radius 3 is 3.00 bits per heavy atom. The topological polar surface area (TPSA) is 42.9 Å². The molecule has 1 aromatic rings. The van der Waals surface area contributed by atoms with E-state index < -0.39 is 0 Å². The van der Waals surface area contributed by atoms with E-state index in [2.05, 4.69) is 10.2 Å². The van der Waals surface area contributed by atoms with Crippen molar-refractivity contribution in [1.82, 2.24) is 10.2 Å². The second-order valence-corrected chi connectivity index (χ2v) is 1.62. The van der Waals surface area contributed by atoms with Crippen molar-refractivity contribution in [2.24, 2.45) is 0 Å². The number of aromatic nitrogens is 2. The average molecular weight is 122 g/mol. The van der Waals surface area contributed by atoms with Gasteiger partial charge < -0.3 is 4.79 Å². The van der Waals surface area contributed by atoms with Crippen molar-refractivity contribution in [3.8, 4) is 0 Å². The number of hydrogen-bond acceptors (Lipinski definition) is 3. The molecule has 0 amide bonds. The number of hydrogen-bond donors (Lipinski definition) is 0. The molecule has 0 spiro atoms. The Bertz CT molecular complexity index is 186. The molecule has 1 rings (SSSR count). The first-order valence-corrected chi connectivity index (χ1v) is 2.62. The zero-order valence-corrected chi connectivity index (χ0v) is 4.82. The zero-order valence-electron chi connectivity index (χ0n) is 4.82. The van der Waals surface area contributed by atoms with Crippen LogP contribution in [-0.4, -0.2) is 16.5 Å². The van der Waals surface area contributed by atoms with Crippen LogP contribution in [0.25, 0.3) is 0 Å². The van der Waals surface area contributed by atoms with Gasteiger partial charge in [0.25, 0.3) is 0 Å². The molecule has 0 aliphatic heterocycles. The fraction of sp³-hybridized carbons (Fsp3) is 0.167. The lowest BCUT2D eigenvalue weighted by molar-refractivity contribution is -0.107. The van der Waals surface area contributed by atoms with Crippen molar-refractivity contribution in [2.45, 2.75) is 6.42 Å². The summed E-state index contributed by atoms with van der Waals surface area (Å²) in [6.45, 7) is 0. The first-order valence-electron chi connectivity index (χ1n) is 2.62. The van der Waals surface area contributed by atoms with E-state index in [0.717, 1.165) is 11.8 Å². The molecule has 1 aromatic heterocycles. The average Bonchev–Trinajstić information content (AvgIpc) is 1.91. The molecule has 0 saturated carbocycles. The summed E-state index contributed by atoms with van der Waals surface area (Å²) in [5.41, 5.74) is 0.903. The van der Waals surface area contributed by atoms with Gasteiger partial charge in [-0.2, -0.15) is 10.2 Å². The van der Waals surface area contributed by atoms with Crippen molar-refractivity contribution in [2.75, 3.05) is 0 Å². The van der Waals surface area contributed by atoms with E-state index in [1.165, 1.54) is 0 Å². The Hall–Kier alpha value is -1.25. The zero-order chi connectivity index (χ0) is 6.53. The minimum Gasteiger partial charge on any atom is -0.303 e. The van der Waals surface area contributed by atoms with E-state index in [0.29, 0.717) is 6.42 Å². The molecule has 0 unspecified atom stereocenters. The van der Waals surface area contributed by atoms with Gasteiger partial charge in [-0.1, -0.05) is 0 Å². The van der Waals surface area contributed by atoms with Gasteiger partial charge in [-0.25, -0.2) is 0 Å². The lowest BCUT2D eigenvalue weighted by atomic mass is 10.2. The fourth-order valence-electron chi connectivity index (χ4n) is 0.535. The molecule has 0 aromatic carbocycles. The summed E-state index contributed by atoms with van der Waals surface area (Å²) in [4.78, 5) is 9.93. The van der Waals surface area contributed by atoms with Gasteiger partial charge in [-0.15, -0.1) is 0 Å². The van der Waals surface area contributed by atoms with E-state index in [4.69, 9.17) is 0 Å². The molecular formula is C6H6N2O. The third-order valence-electron chi connectivity index (χ3n) is 0.965. The van der Waals surface area contributed by atoms with Gasteiger partial charge in [0.2, 0.25) is 0 Å². The van der Waals surface area contributed by atoms with Crippen molar-refractivity contribution in [1.29, 1.82) is 0 Å². The van der Waals surface area contributed by atoms with Crippen LogP contribution in [0.4, 0.5) is 0 Å². The van der Waals surface area contributed by atoms with Gasteiger partial charge in [0.1, 0.15) is 6.29 Å². The predicted octanol–water partition coefficient (Wildman–Crippen LogP) is 0.218. The van der Waals surface area contributed by atoms with Gasteiger partial charge >= 0.3 is 0 Å². The Morgan fingerprint density at radius 2 is 2.44 bits per heavy atom. The third kappa shape index (κ3) is 1.60. The largest absolute Gasteiger partial charge is 0.303 e. The summed E-state index contributed by atoms with van der Waals surface area (Å²) < 4.78 is 0. The quantitative estimate of drug-likeness (QED) is 0.527. The predicted molar refractivity (Wildman–Crippen MR) is 31.8 cm³/mol. The number of carbonyl (C=O) groups excluding carboxylic acids is 1. The molecule has 0 fully saturated rings. The van der Waals surface area contributed by atoms with E-state index in [1.807, 2.05) is 0 Å². The summed E-state index contributed by atoms with van der Waals surface area (Å²) >= 11 is 0. The molecule has 9 heavy (non-hydrogen) atoms. The van der Waals surface area contributed by atoms with E-state index in [1.54, 1.807) is 18.5 Å². The first-order chi connectivity index (χ1) is 4.43. The van der Waals surface area contributed by atoms with Crippen molar-refractivity contribution < 1.29 is 4.79 Å². The highest BCUT2D eigenvalue weighted by Crippen LogP contribution is 1.90. The molecule has 0 aliphatic rings. The van der Waals surface area contributed by atoms with Gasteiger partial charge in [-0.3, -0.25) is 0 Å². The first kappa shape index (κ1) is 5.88. The van der Waals surface area contributed by atoms with Gasteiger partial charge in [0, 0.05) is 12.6 Å². The molecular weight excluding hydrogens is 116 g/mol. The fourth-order valence-corrected chi connectivity index (χ4v) is 0.535. The van der Waals surface area contributed by atoms with Crippen LogP contribution in [-0.2, 0) is 11.2 Å². The second kappa shape index (κ2) is 2.91. The highest BCUT2D eigenvalue weighted by atomic mass is 16.1. The normalized spacial score (nSPS) is 8.89. The minimum atomic E-state index is 0.426. The summed E-state index contributed by atoms with van der Waals surface area (Å²) in [6, 6.07) is 1.77. The van der Waals surface area contributed by atoms with Crippen LogP contribution in [0.3, 0.4) is 0 Å². The van der Waals surface area contributed by atoms with Gasteiger partial charge in [-0.05, 0) is 11.6 Å². The molecule has 0 N–H and O–H groups in total. The van der Waals surface area contributed by atoms with Crippen LogP contribution in [0.5, 0.6) is 0 Å². The van der Waals surface area contributed by atoms with Crippen LogP contribution in [0, 0.1) is 0 Å². The summed E-state index contributed by atoms with van der Waals surface area (Å²) in [6.07, 6.45) is 4.42. The smallest absolute Gasteiger partial charge is 0.124 e. The lowest BCUT2D eigenvalue weighted by Gasteiger charge is -1.87. The Balaban J connectivity index is 2.72. The molecule has 1 heterocycles. The van der Waals surface area contributed by atoms with Gasteiger partial charge in [0.05, 0.1) is 6.20 Å². The highest BCUT2D eigenvalue weighted by molar-refractivity contribution is 5.54. The van der Waals surface area contributed by atoms with Crippen LogP contribution in [0.1, 0.15) is 5.56 Å². The second-order valence-electron chi connectivity index (χ2n) is 1.62. The lowest BCUT2D eigenvalue weighted by Crippen LogP contribution is -1.87. The van der Waals surface area contributed by atoms with E-state index in [9.17, 15) is 4.79 Å². The monoisotopic (exact) mass is 122 g/mol. The van der Waals surface area contributed by atoms with Crippen molar-refractivity contribution >= 4 is 6.29 Å². The Labute approximate surface area is 52.7 Å². The van der Waals surface area contributed by atoms with Crippen LogP contribution >= 0.6 is 0 Å². The molecule has 46 valence electrons. The molecule has 0 aliphatic carbocycles. The molecule has 0 saturated heterocycles. The van der Waals surface area contributed by atoms with Crippen LogP contribution in [0.2, 0.25) is 0 Å². The summed E-state index contributed by atoms with van der Waals surface area (Å²) in [5.74, 6) is 0. The van der Waals surface area contributed by atoms with Crippen LogP contribution < -0.4 is 0 Å². The van der Waals surface area contributed by atoms with Crippen molar-refractivity contribution in [3.63, 3.8) is 0 Å². The van der Waals surface area contributed by atoms with E-state index >= 15 is 0 Å². The molecule has 0 bridgehead atoms. The number of aldehydes is 1. The van der Waals surface area contributed by atoms with Gasteiger partial charge in [0.15, 0.2) is 0 Å². The Kier molecular flexibility index (Phi) is 1.90. The molecule has 3 heteroatoms. The number of carbonyl (C=O) groups is 1. The third-order valence-corrected chi connectivity index (χ3v) is 0.965. The minimum absolute atomic E-state index is 0.426. The highest BCUT2D eigenvalue weighted by Gasteiger charge is 1.86. The summed E-state index contributed by atoms with van der Waals surface area (Å²) in [7, 11) is 0. The molecule has 0 atom stereocenters.